The second kappa shape index (κ2) is 7.09. The summed E-state index contributed by atoms with van der Waals surface area (Å²) in [6, 6.07) is 0.155. The van der Waals surface area contributed by atoms with E-state index in [0.29, 0.717) is 6.61 Å². The molecule has 0 bridgehead atoms. The number of halogens is 6. The largest absolute Gasteiger partial charge is 0.416 e. The fourth-order valence-corrected chi connectivity index (χ4v) is 3.16. The molecule has 1 aromatic carbocycles. The molecule has 0 unspecified atom stereocenters. The van der Waals surface area contributed by atoms with Crippen LogP contribution in [-0.4, -0.2) is 40.9 Å². The van der Waals surface area contributed by atoms with Crippen molar-refractivity contribution in [3.05, 3.63) is 29.3 Å². The van der Waals surface area contributed by atoms with Crippen LogP contribution in [0, 0.1) is 0 Å². The van der Waals surface area contributed by atoms with Gasteiger partial charge in [0.15, 0.2) is 0 Å². The molecule has 142 valence electrons. The summed E-state index contributed by atoms with van der Waals surface area (Å²) in [5.41, 5.74) is -3.42. The molecule has 12 heteroatoms. The minimum absolute atomic E-state index is 0.0545. The van der Waals surface area contributed by atoms with Gasteiger partial charge >= 0.3 is 12.4 Å². The van der Waals surface area contributed by atoms with E-state index in [1.54, 1.807) is 0 Å². The fraction of sp³-hybridized carbons (Fsp3) is 0.538. The number of alkyl halides is 6. The lowest BCUT2D eigenvalue weighted by Crippen LogP contribution is -2.39. The summed E-state index contributed by atoms with van der Waals surface area (Å²) in [4.78, 5) is -1.13. The molecule has 0 amide bonds. The van der Waals surface area contributed by atoms with Gasteiger partial charge < -0.3 is 9.47 Å². The molecule has 1 aliphatic heterocycles. The fourth-order valence-electron chi connectivity index (χ4n) is 2.02. The van der Waals surface area contributed by atoms with E-state index >= 15 is 0 Å². The van der Waals surface area contributed by atoms with Crippen molar-refractivity contribution >= 4 is 10.0 Å². The molecule has 1 heterocycles. The number of nitrogens with one attached hydrogen (secondary N) is 1. The first kappa shape index (κ1) is 19.9. The number of sulfonamides is 1. The molecule has 1 aliphatic rings. The van der Waals surface area contributed by atoms with Crippen LogP contribution in [0.4, 0.5) is 26.3 Å². The van der Waals surface area contributed by atoms with Crippen molar-refractivity contribution < 1.29 is 44.2 Å². The predicted octanol–water partition coefficient (Wildman–Crippen LogP) is 2.42. The first-order chi connectivity index (χ1) is 11.4. The topological polar surface area (TPSA) is 64.6 Å². The normalized spacial score (nSPS) is 19.8. The van der Waals surface area contributed by atoms with E-state index in [-0.39, 0.29) is 38.0 Å². The highest BCUT2D eigenvalue weighted by atomic mass is 32.2. The molecule has 0 saturated carbocycles. The molecule has 1 atom stereocenters. The Labute approximate surface area is 139 Å². The van der Waals surface area contributed by atoms with Crippen molar-refractivity contribution in [2.75, 3.05) is 26.4 Å². The minimum atomic E-state index is -5.13. The van der Waals surface area contributed by atoms with E-state index in [1.807, 2.05) is 4.72 Å². The molecular formula is C13H13F6NO4S. The Morgan fingerprint density at radius 2 is 1.56 bits per heavy atom. The van der Waals surface area contributed by atoms with Gasteiger partial charge in [0.2, 0.25) is 10.0 Å². The van der Waals surface area contributed by atoms with Gasteiger partial charge in [-0.2, -0.15) is 26.3 Å². The van der Waals surface area contributed by atoms with Crippen LogP contribution >= 0.6 is 0 Å². The number of hydrogen-bond acceptors (Lipinski definition) is 4. The van der Waals surface area contributed by atoms with Crippen molar-refractivity contribution in [2.24, 2.45) is 0 Å². The minimum Gasteiger partial charge on any atom is -0.376 e. The van der Waals surface area contributed by atoms with Crippen molar-refractivity contribution in [3.63, 3.8) is 0 Å². The van der Waals surface area contributed by atoms with Crippen LogP contribution in [-0.2, 0) is 31.8 Å². The highest BCUT2D eigenvalue weighted by Crippen LogP contribution is 2.37. The molecule has 5 nitrogen and oxygen atoms in total. The van der Waals surface area contributed by atoms with Gasteiger partial charge in [0.25, 0.3) is 0 Å². The summed E-state index contributed by atoms with van der Waals surface area (Å²) in [5.74, 6) is 0. The summed E-state index contributed by atoms with van der Waals surface area (Å²) < 4.78 is 113. The molecule has 1 N–H and O–H groups in total. The summed E-state index contributed by atoms with van der Waals surface area (Å²) in [7, 11) is -4.61. The zero-order chi connectivity index (χ0) is 18.9. The van der Waals surface area contributed by atoms with Gasteiger partial charge in [-0.05, 0) is 18.2 Å². The lowest BCUT2D eigenvalue weighted by Gasteiger charge is -2.23. The Morgan fingerprint density at radius 1 is 1.00 bits per heavy atom. The quantitative estimate of drug-likeness (QED) is 0.799. The highest BCUT2D eigenvalue weighted by Gasteiger charge is 2.38. The first-order valence-corrected chi connectivity index (χ1v) is 8.36. The average molecular weight is 393 g/mol. The Hall–Kier alpha value is -1.37. The summed E-state index contributed by atoms with van der Waals surface area (Å²) in [6.45, 7) is 0.221. The van der Waals surface area contributed by atoms with Crippen LogP contribution in [0.3, 0.4) is 0 Å². The Kier molecular flexibility index (Phi) is 5.66. The standard InChI is InChI=1S/C13H13F6NO4S/c14-12(15,16)8-3-9(13(17,18)19)5-11(4-8)25(21,22)20-6-10-7-23-1-2-24-10/h3-5,10,20H,1-2,6-7H2/t10-/m0/s1. The van der Waals surface area contributed by atoms with Crippen molar-refractivity contribution in [2.45, 2.75) is 23.4 Å². The third-order valence-electron chi connectivity index (χ3n) is 3.26. The molecule has 25 heavy (non-hydrogen) atoms. The molecule has 0 aliphatic carbocycles. The average Bonchev–Trinajstić information content (AvgIpc) is 2.52. The van der Waals surface area contributed by atoms with E-state index in [2.05, 4.69) is 0 Å². The summed E-state index contributed by atoms with van der Waals surface area (Å²) in [5, 5.41) is 0. The third kappa shape index (κ3) is 5.30. The first-order valence-electron chi connectivity index (χ1n) is 6.88. The number of rotatable bonds is 4. The maximum absolute atomic E-state index is 12.8. The van der Waals surface area contributed by atoms with E-state index in [1.165, 1.54) is 0 Å². The number of benzene rings is 1. The van der Waals surface area contributed by atoms with Crippen LogP contribution in [0.1, 0.15) is 11.1 Å². The van der Waals surface area contributed by atoms with Crippen LogP contribution in [0.15, 0.2) is 23.1 Å². The van der Waals surface area contributed by atoms with E-state index in [9.17, 15) is 34.8 Å². The van der Waals surface area contributed by atoms with Crippen LogP contribution < -0.4 is 4.72 Å². The molecule has 0 spiro atoms. The summed E-state index contributed by atoms with van der Waals surface area (Å²) in [6.07, 6.45) is -11.0. The van der Waals surface area contributed by atoms with Gasteiger partial charge in [-0.1, -0.05) is 0 Å². The maximum Gasteiger partial charge on any atom is 0.416 e. The Morgan fingerprint density at radius 3 is 2.00 bits per heavy atom. The molecule has 0 aromatic heterocycles. The van der Waals surface area contributed by atoms with Gasteiger partial charge in [-0.3, -0.25) is 0 Å². The predicted molar refractivity (Wildman–Crippen MR) is 72.2 cm³/mol. The summed E-state index contributed by atoms with van der Waals surface area (Å²) >= 11 is 0. The zero-order valence-electron chi connectivity index (χ0n) is 12.4. The van der Waals surface area contributed by atoms with Crippen LogP contribution in [0.2, 0.25) is 0 Å². The second-order valence-electron chi connectivity index (χ2n) is 5.16. The molecule has 1 aromatic rings. The van der Waals surface area contributed by atoms with Crippen molar-refractivity contribution in [1.29, 1.82) is 0 Å². The van der Waals surface area contributed by atoms with Crippen molar-refractivity contribution in [3.8, 4) is 0 Å². The van der Waals surface area contributed by atoms with Gasteiger partial charge in [0, 0.05) is 6.54 Å². The Bertz CT molecular complexity index is 678. The van der Waals surface area contributed by atoms with Gasteiger partial charge in [-0.15, -0.1) is 0 Å². The third-order valence-corrected chi connectivity index (χ3v) is 4.66. The molecule has 2 rings (SSSR count). The molecule has 0 radical (unpaired) electrons. The molecular weight excluding hydrogens is 380 g/mol. The SMILES string of the molecule is O=S(=O)(NC[C@H]1COCCO1)c1cc(C(F)(F)F)cc(C(F)(F)F)c1. The van der Waals surface area contributed by atoms with Gasteiger partial charge in [0.05, 0.1) is 41.9 Å². The molecule has 1 fully saturated rings. The zero-order valence-corrected chi connectivity index (χ0v) is 13.3. The monoisotopic (exact) mass is 393 g/mol. The van der Waals surface area contributed by atoms with Crippen LogP contribution in [0.25, 0.3) is 0 Å². The lowest BCUT2D eigenvalue weighted by molar-refractivity contribution is -0.143. The van der Waals surface area contributed by atoms with E-state index < -0.39 is 44.5 Å². The Balaban J connectivity index is 2.31. The van der Waals surface area contributed by atoms with Gasteiger partial charge in [0.1, 0.15) is 0 Å². The number of ether oxygens (including phenoxy) is 2. The highest BCUT2D eigenvalue weighted by molar-refractivity contribution is 7.89. The van der Waals surface area contributed by atoms with E-state index in [4.69, 9.17) is 9.47 Å². The maximum atomic E-state index is 12.8. The van der Waals surface area contributed by atoms with E-state index in [0.717, 1.165) is 0 Å². The second-order valence-corrected chi connectivity index (χ2v) is 6.93. The van der Waals surface area contributed by atoms with Gasteiger partial charge in [-0.25, -0.2) is 13.1 Å². The lowest BCUT2D eigenvalue weighted by atomic mass is 10.1. The number of hydrogen-bond donors (Lipinski definition) is 1. The van der Waals surface area contributed by atoms with Crippen molar-refractivity contribution in [1.82, 2.24) is 4.72 Å². The van der Waals surface area contributed by atoms with Crippen LogP contribution in [0.5, 0.6) is 0 Å². The molecule has 1 saturated heterocycles. The smallest absolute Gasteiger partial charge is 0.376 e.